The summed E-state index contributed by atoms with van der Waals surface area (Å²) < 4.78 is 0. The molecule has 2 rings (SSSR count). The fraction of sp³-hybridized carbons (Fsp3) is 0.700. The van der Waals surface area contributed by atoms with E-state index in [9.17, 15) is 0 Å². The van der Waals surface area contributed by atoms with Gasteiger partial charge in [-0.2, -0.15) is 0 Å². The van der Waals surface area contributed by atoms with Crippen LogP contribution in [0.1, 0.15) is 19.8 Å². The highest BCUT2D eigenvalue weighted by Gasteiger charge is 2.18. The van der Waals surface area contributed by atoms with E-state index in [4.69, 9.17) is 0 Å². The summed E-state index contributed by atoms with van der Waals surface area (Å²) in [7, 11) is 0. The van der Waals surface area contributed by atoms with Crippen LogP contribution in [0.15, 0.2) is 17.1 Å². The van der Waals surface area contributed by atoms with E-state index in [2.05, 4.69) is 34.3 Å². The molecule has 0 aromatic rings. The number of allylic oxidation sites excluding steroid dienone is 1. The first kappa shape index (κ1) is 11.8. The molecule has 1 heterocycles. The van der Waals surface area contributed by atoms with E-state index in [0.717, 1.165) is 25.6 Å². The molecule has 1 aliphatic heterocycles. The van der Waals surface area contributed by atoms with Gasteiger partial charge in [-0.1, -0.05) is 12.2 Å². The van der Waals surface area contributed by atoms with Crippen molar-refractivity contribution in [3.8, 4) is 0 Å². The molecule has 0 saturated heterocycles. The van der Waals surface area contributed by atoms with Gasteiger partial charge in [0.05, 0.1) is 6.54 Å². The van der Waals surface area contributed by atoms with Crippen molar-refractivity contribution >= 4 is 29.9 Å². The van der Waals surface area contributed by atoms with Gasteiger partial charge in [0, 0.05) is 19.1 Å². The topological polar surface area (TPSA) is 27.6 Å². The number of aliphatic imine (C=N–C) groups is 1. The molecule has 1 unspecified atom stereocenters. The third kappa shape index (κ3) is 2.62. The Bertz CT molecular complexity index is 238. The van der Waals surface area contributed by atoms with E-state index in [-0.39, 0.29) is 24.0 Å². The van der Waals surface area contributed by atoms with Crippen LogP contribution in [0.2, 0.25) is 0 Å². The number of halogens is 1. The van der Waals surface area contributed by atoms with E-state index in [1.54, 1.807) is 0 Å². The zero-order valence-corrected chi connectivity index (χ0v) is 10.9. The monoisotopic (exact) mass is 307 g/mol. The third-order valence-corrected chi connectivity index (χ3v) is 2.64. The average molecular weight is 307 g/mol. The molecular formula is C10H18IN3. The molecule has 0 aromatic heterocycles. The van der Waals surface area contributed by atoms with Gasteiger partial charge in [0.1, 0.15) is 0 Å². The second-order valence-corrected chi connectivity index (χ2v) is 3.54. The second kappa shape index (κ2) is 5.58. The maximum absolute atomic E-state index is 4.45. The molecule has 0 saturated carbocycles. The smallest absolute Gasteiger partial charge is 0.194 e. The standard InChI is InChI=1S/C10H17N3.HI/c1-2-13-8-7-11-10(13)12-9-5-3-4-6-9;/h3,5,9H,2,4,6-8H2,1H3,(H,11,12);1H. The zero-order valence-electron chi connectivity index (χ0n) is 8.57. The zero-order chi connectivity index (χ0) is 9.10. The van der Waals surface area contributed by atoms with Gasteiger partial charge in [0.2, 0.25) is 0 Å². The molecule has 0 radical (unpaired) electrons. The Morgan fingerprint density at radius 2 is 2.50 bits per heavy atom. The minimum absolute atomic E-state index is 0. The predicted octanol–water partition coefficient (Wildman–Crippen LogP) is 1.60. The first-order valence-corrected chi connectivity index (χ1v) is 5.12. The summed E-state index contributed by atoms with van der Waals surface area (Å²) in [5.41, 5.74) is 0. The minimum Gasteiger partial charge on any atom is -0.350 e. The summed E-state index contributed by atoms with van der Waals surface area (Å²) in [5, 5.41) is 3.47. The largest absolute Gasteiger partial charge is 0.350 e. The van der Waals surface area contributed by atoms with Gasteiger partial charge in [0.25, 0.3) is 0 Å². The Labute approximate surface area is 103 Å². The first-order chi connectivity index (χ1) is 6.40. The second-order valence-electron chi connectivity index (χ2n) is 3.54. The fourth-order valence-corrected chi connectivity index (χ4v) is 1.85. The van der Waals surface area contributed by atoms with Crippen LogP contribution in [0.3, 0.4) is 0 Å². The van der Waals surface area contributed by atoms with Crippen molar-refractivity contribution in [2.24, 2.45) is 4.99 Å². The lowest BCUT2D eigenvalue weighted by Crippen LogP contribution is -2.42. The van der Waals surface area contributed by atoms with Crippen molar-refractivity contribution in [3.05, 3.63) is 12.2 Å². The van der Waals surface area contributed by atoms with Gasteiger partial charge < -0.3 is 10.2 Å². The summed E-state index contributed by atoms with van der Waals surface area (Å²) in [5.74, 6) is 1.10. The van der Waals surface area contributed by atoms with E-state index < -0.39 is 0 Å². The van der Waals surface area contributed by atoms with E-state index in [1.165, 1.54) is 12.8 Å². The van der Waals surface area contributed by atoms with Crippen LogP contribution in [0.25, 0.3) is 0 Å². The van der Waals surface area contributed by atoms with Gasteiger partial charge in [-0.25, -0.2) is 0 Å². The molecular weight excluding hydrogens is 289 g/mol. The van der Waals surface area contributed by atoms with Crippen molar-refractivity contribution in [1.29, 1.82) is 0 Å². The van der Waals surface area contributed by atoms with Gasteiger partial charge in [-0.05, 0) is 19.8 Å². The van der Waals surface area contributed by atoms with Crippen LogP contribution < -0.4 is 5.32 Å². The molecule has 1 N–H and O–H groups in total. The predicted molar refractivity (Wildman–Crippen MR) is 70.3 cm³/mol. The summed E-state index contributed by atoms with van der Waals surface area (Å²) in [6.07, 6.45) is 6.91. The van der Waals surface area contributed by atoms with Crippen LogP contribution in [0.4, 0.5) is 0 Å². The summed E-state index contributed by atoms with van der Waals surface area (Å²) in [6, 6.07) is 0.519. The van der Waals surface area contributed by atoms with Crippen molar-refractivity contribution in [2.75, 3.05) is 19.6 Å². The van der Waals surface area contributed by atoms with E-state index in [1.807, 2.05) is 0 Å². The third-order valence-electron chi connectivity index (χ3n) is 2.64. The number of nitrogens with one attached hydrogen (secondary N) is 1. The van der Waals surface area contributed by atoms with Gasteiger partial charge in [-0.15, -0.1) is 24.0 Å². The Hall–Kier alpha value is -0.260. The van der Waals surface area contributed by atoms with Crippen molar-refractivity contribution in [1.82, 2.24) is 10.2 Å². The molecule has 0 spiro atoms. The maximum atomic E-state index is 4.45. The molecule has 4 heteroatoms. The minimum atomic E-state index is 0. The quantitative estimate of drug-likeness (QED) is 0.620. The normalized spacial score (nSPS) is 24.8. The lowest BCUT2D eigenvalue weighted by Gasteiger charge is -2.21. The molecule has 0 amide bonds. The van der Waals surface area contributed by atoms with Crippen molar-refractivity contribution < 1.29 is 0 Å². The Morgan fingerprint density at radius 3 is 3.14 bits per heavy atom. The fourth-order valence-electron chi connectivity index (χ4n) is 1.85. The molecule has 1 atom stereocenters. The molecule has 14 heavy (non-hydrogen) atoms. The first-order valence-electron chi connectivity index (χ1n) is 5.12. The highest BCUT2D eigenvalue weighted by molar-refractivity contribution is 14.0. The number of rotatable bonds is 2. The van der Waals surface area contributed by atoms with E-state index in [0.29, 0.717) is 6.04 Å². The van der Waals surface area contributed by atoms with Crippen LogP contribution in [0.5, 0.6) is 0 Å². The van der Waals surface area contributed by atoms with Crippen LogP contribution in [-0.2, 0) is 0 Å². The number of nitrogens with zero attached hydrogens (tertiary/aromatic N) is 2. The number of hydrogen-bond acceptors (Lipinski definition) is 3. The Balaban J connectivity index is 0.000000980. The molecule has 2 aliphatic rings. The molecule has 0 aromatic carbocycles. The number of hydrogen-bond donors (Lipinski definition) is 1. The Kier molecular flexibility index (Phi) is 4.71. The highest BCUT2D eigenvalue weighted by atomic mass is 127. The van der Waals surface area contributed by atoms with Gasteiger partial charge in [0.15, 0.2) is 5.96 Å². The van der Waals surface area contributed by atoms with Crippen LogP contribution in [-0.4, -0.2) is 36.5 Å². The molecule has 0 fully saturated rings. The van der Waals surface area contributed by atoms with Crippen LogP contribution >= 0.6 is 24.0 Å². The SMILES string of the molecule is CCN1CCN=C1NC1C=CCC1.I. The summed E-state index contributed by atoms with van der Waals surface area (Å²) in [6.45, 7) is 5.26. The molecule has 1 aliphatic carbocycles. The Morgan fingerprint density at radius 1 is 1.64 bits per heavy atom. The number of likely N-dealkylation sites (N-methyl/N-ethyl adjacent to an activating group) is 1. The molecule has 0 bridgehead atoms. The van der Waals surface area contributed by atoms with Crippen molar-refractivity contribution in [3.63, 3.8) is 0 Å². The summed E-state index contributed by atoms with van der Waals surface area (Å²) in [4.78, 5) is 6.75. The lowest BCUT2D eigenvalue weighted by atomic mass is 10.3. The lowest BCUT2D eigenvalue weighted by molar-refractivity contribution is 0.460. The summed E-state index contributed by atoms with van der Waals surface area (Å²) >= 11 is 0. The van der Waals surface area contributed by atoms with Crippen molar-refractivity contribution in [2.45, 2.75) is 25.8 Å². The highest BCUT2D eigenvalue weighted by Crippen LogP contribution is 2.10. The number of guanidine groups is 1. The molecule has 3 nitrogen and oxygen atoms in total. The molecule has 80 valence electrons. The average Bonchev–Trinajstić information content (AvgIpc) is 2.76. The maximum Gasteiger partial charge on any atom is 0.194 e. The van der Waals surface area contributed by atoms with Gasteiger partial charge >= 0.3 is 0 Å². The van der Waals surface area contributed by atoms with Crippen LogP contribution in [0, 0.1) is 0 Å². The van der Waals surface area contributed by atoms with Gasteiger partial charge in [-0.3, -0.25) is 4.99 Å². The van der Waals surface area contributed by atoms with E-state index >= 15 is 0 Å².